The predicted octanol–water partition coefficient (Wildman–Crippen LogP) is 3.59. The van der Waals surface area contributed by atoms with Gasteiger partial charge >= 0.3 is 0 Å². The van der Waals surface area contributed by atoms with Crippen LogP contribution in [0.15, 0.2) is 47.6 Å². The van der Waals surface area contributed by atoms with Gasteiger partial charge < -0.3 is 9.64 Å². The van der Waals surface area contributed by atoms with Crippen LogP contribution in [0, 0.1) is 0 Å². The van der Waals surface area contributed by atoms with E-state index in [1.54, 1.807) is 18.3 Å². The minimum atomic E-state index is -0.409. The minimum Gasteiger partial charge on any atom is -0.378 e. The molecule has 130 valence electrons. The molecule has 0 unspecified atom stereocenters. The van der Waals surface area contributed by atoms with Crippen molar-refractivity contribution >= 4 is 41.0 Å². The smallest absolute Gasteiger partial charge is 0.272 e. The molecule has 0 aromatic heterocycles. The Kier molecular flexibility index (Phi) is 5.91. The highest BCUT2D eigenvalue weighted by atomic mass is 35.5. The van der Waals surface area contributed by atoms with E-state index < -0.39 is 5.91 Å². The summed E-state index contributed by atoms with van der Waals surface area (Å²) in [6, 6.07) is 12.7. The molecule has 1 N–H and O–H groups in total. The normalized spacial score (nSPS) is 14.7. The third-order valence-electron chi connectivity index (χ3n) is 3.82. The molecular formula is C18H17Cl2N3O2. The van der Waals surface area contributed by atoms with Gasteiger partial charge in [0.15, 0.2) is 0 Å². The van der Waals surface area contributed by atoms with E-state index in [9.17, 15) is 4.79 Å². The lowest BCUT2D eigenvalue weighted by Gasteiger charge is -2.28. The number of carbonyl (C=O) groups is 1. The highest BCUT2D eigenvalue weighted by Gasteiger charge is 2.11. The Morgan fingerprint density at radius 3 is 2.56 bits per heavy atom. The number of nitrogens with zero attached hydrogens (tertiary/aromatic N) is 2. The number of rotatable bonds is 4. The van der Waals surface area contributed by atoms with Gasteiger partial charge in [0.05, 0.1) is 30.0 Å². The standard InChI is InChI=1S/C18H17Cl2N3O2/c19-14-3-6-17(20)16(11-14)18(24)22-21-12-13-1-4-15(5-2-13)23-7-9-25-10-8-23/h1-6,11-12H,7-10H2,(H,22,24)/b21-12-. The van der Waals surface area contributed by atoms with Crippen LogP contribution in [0.25, 0.3) is 0 Å². The summed E-state index contributed by atoms with van der Waals surface area (Å²) in [6.07, 6.45) is 1.58. The van der Waals surface area contributed by atoms with E-state index in [1.807, 2.05) is 24.3 Å². The van der Waals surface area contributed by atoms with Crippen LogP contribution in [0.1, 0.15) is 15.9 Å². The molecule has 5 nitrogen and oxygen atoms in total. The van der Waals surface area contributed by atoms with Crippen LogP contribution in [0.2, 0.25) is 10.0 Å². The number of nitrogens with one attached hydrogen (secondary N) is 1. The first-order chi connectivity index (χ1) is 12.1. The molecule has 0 aliphatic carbocycles. The van der Waals surface area contributed by atoms with Crippen molar-refractivity contribution < 1.29 is 9.53 Å². The summed E-state index contributed by atoms with van der Waals surface area (Å²) < 4.78 is 5.35. The largest absolute Gasteiger partial charge is 0.378 e. The van der Waals surface area contributed by atoms with Gasteiger partial charge in [0.25, 0.3) is 5.91 Å². The predicted molar refractivity (Wildman–Crippen MR) is 101 cm³/mol. The summed E-state index contributed by atoms with van der Waals surface area (Å²) in [5.74, 6) is -0.409. The molecule has 0 saturated carbocycles. The fourth-order valence-corrected chi connectivity index (χ4v) is 2.87. The summed E-state index contributed by atoms with van der Waals surface area (Å²) in [4.78, 5) is 14.4. The summed E-state index contributed by atoms with van der Waals surface area (Å²) in [7, 11) is 0. The summed E-state index contributed by atoms with van der Waals surface area (Å²) in [5, 5.41) is 4.74. The second-order valence-corrected chi connectivity index (χ2v) is 6.36. The Morgan fingerprint density at radius 1 is 1.12 bits per heavy atom. The van der Waals surface area contributed by atoms with Crippen LogP contribution in [0.5, 0.6) is 0 Å². The lowest BCUT2D eigenvalue weighted by Crippen LogP contribution is -2.36. The number of ether oxygens (including phenoxy) is 1. The molecule has 2 aromatic rings. The molecule has 1 heterocycles. The molecule has 25 heavy (non-hydrogen) atoms. The van der Waals surface area contributed by atoms with Crippen LogP contribution < -0.4 is 10.3 Å². The minimum absolute atomic E-state index is 0.286. The van der Waals surface area contributed by atoms with E-state index in [-0.39, 0.29) is 5.56 Å². The van der Waals surface area contributed by atoms with E-state index in [0.29, 0.717) is 10.0 Å². The average molecular weight is 378 g/mol. The molecule has 1 fully saturated rings. The van der Waals surface area contributed by atoms with Gasteiger partial charge in [0.2, 0.25) is 0 Å². The van der Waals surface area contributed by atoms with Crippen LogP contribution in [0.4, 0.5) is 5.69 Å². The Balaban J connectivity index is 1.60. The Hall–Kier alpha value is -2.08. The number of hydrogen-bond acceptors (Lipinski definition) is 4. The highest BCUT2D eigenvalue weighted by molar-refractivity contribution is 6.35. The van der Waals surface area contributed by atoms with Crippen molar-refractivity contribution in [1.82, 2.24) is 5.43 Å². The van der Waals surface area contributed by atoms with Gasteiger partial charge in [-0.05, 0) is 35.9 Å². The Morgan fingerprint density at radius 2 is 1.84 bits per heavy atom. The lowest BCUT2D eigenvalue weighted by atomic mass is 10.2. The maximum Gasteiger partial charge on any atom is 0.272 e. The Labute approximate surface area is 156 Å². The third-order valence-corrected chi connectivity index (χ3v) is 4.39. The van der Waals surface area contributed by atoms with Gasteiger partial charge in [-0.1, -0.05) is 35.3 Å². The van der Waals surface area contributed by atoms with Gasteiger partial charge in [-0.15, -0.1) is 0 Å². The third kappa shape index (κ3) is 4.72. The lowest BCUT2D eigenvalue weighted by molar-refractivity contribution is 0.0955. The van der Waals surface area contributed by atoms with E-state index in [4.69, 9.17) is 27.9 Å². The maximum absolute atomic E-state index is 12.1. The highest BCUT2D eigenvalue weighted by Crippen LogP contribution is 2.20. The van der Waals surface area contributed by atoms with Gasteiger partial charge in [-0.2, -0.15) is 5.10 Å². The molecule has 1 aliphatic heterocycles. The first-order valence-electron chi connectivity index (χ1n) is 7.85. The summed E-state index contributed by atoms with van der Waals surface area (Å²) in [6.45, 7) is 3.29. The van der Waals surface area contributed by atoms with Crippen LogP contribution in [0.3, 0.4) is 0 Å². The number of halogens is 2. The average Bonchev–Trinajstić information content (AvgIpc) is 2.65. The summed E-state index contributed by atoms with van der Waals surface area (Å²) >= 11 is 11.9. The van der Waals surface area contributed by atoms with Crippen LogP contribution in [-0.2, 0) is 4.74 Å². The number of benzene rings is 2. The number of hydrazone groups is 1. The fourth-order valence-electron chi connectivity index (χ4n) is 2.49. The van der Waals surface area contributed by atoms with Crippen molar-refractivity contribution in [2.24, 2.45) is 5.10 Å². The number of morpholine rings is 1. The van der Waals surface area contributed by atoms with E-state index in [0.717, 1.165) is 37.6 Å². The topological polar surface area (TPSA) is 53.9 Å². The molecule has 0 atom stereocenters. The zero-order valence-electron chi connectivity index (χ0n) is 13.4. The molecule has 1 saturated heterocycles. The molecule has 0 radical (unpaired) electrons. The van der Waals surface area contributed by atoms with E-state index in [2.05, 4.69) is 15.4 Å². The van der Waals surface area contributed by atoms with Crippen molar-refractivity contribution in [3.63, 3.8) is 0 Å². The number of anilines is 1. The van der Waals surface area contributed by atoms with Crippen molar-refractivity contribution in [1.29, 1.82) is 0 Å². The van der Waals surface area contributed by atoms with Gasteiger partial charge in [0.1, 0.15) is 0 Å². The monoisotopic (exact) mass is 377 g/mol. The molecule has 2 aromatic carbocycles. The second-order valence-electron chi connectivity index (χ2n) is 5.51. The maximum atomic E-state index is 12.1. The second kappa shape index (κ2) is 8.34. The van der Waals surface area contributed by atoms with Gasteiger partial charge in [0, 0.05) is 23.8 Å². The number of hydrogen-bond donors (Lipinski definition) is 1. The molecule has 1 aliphatic rings. The first-order valence-corrected chi connectivity index (χ1v) is 8.60. The van der Waals surface area contributed by atoms with Gasteiger partial charge in [-0.25, -0.2) is 5.43 Å². The summed E-state index contributed by atoms with van der Waals surface area (Å²) in [5.41, 5.74) is 4.77. The van der Waals surface area contributed by atoms with E-state index >= 15 is 0 Å². The molecule has 0 spiro atoms. The van der Waals surface area contributed by atoms with Crippen molar-refractivity contribution in [2.45, 2.75) is 0 Å². The molecular weight excluding hydrogens is 361 g/mol. The van der Waals surface area contributed by atoms with Crippen molar-refractivity contribution in [3.05, 3.63) is 63.6 Å². The molecule has 1 amide bonds. The number of amides is 1. The quantitative estimate of drug-likeness (QED) is 0.654. The Bertz CT molecular complexity index is 772. The van der Waals surface area contributed by atoms with Gasteiger partial charge in [-0.3, -0.25) is 4.79 Å². The van der Waals surface area contributed by atoms with Crippen LogP contribution >= 0.6 is 23.2 Å². The zero-order valence-corrected chi connectivity index (χ0v) is 14.9. The number of carbonyl (C=O) groups excluding carboxylic acids is 1. The van der Waals surface area contributed by atoms with Crippen molar-refractivity contribution in [3.8, 4) is 0 Å². The fraction of sp³-hybridized carbons (Fsp3) is 0.222. The van der Waals surface area contributed by atoms with E-state index in [1.165, 1.54) is 6.07 Å². The van der Waals surface area contributed by atoms with Crippen molar-refractivity contribution in [2.75, 3.05) is 31.2 Å². The molecule has 3 rings (SSSR count). The molecule has 0 bridgehead atoms. The molecule has 7 heteroatoms. The first kappa shape index (κ1) is 17.7. The zero-order chi connectivity index (χ0) is 17.6. The SMILES string of the molecule is O=C(N/N=C\c1ccc(N2CCOCC2)cc1)c1cc(Cl)ccc1Cl. The van der Waals surface area contributed by atoms with Crippen LogP contribution in [-0.4, -0.2) is 38.4 Å².